The molecule has 2 aromatic rings. The summed E-state index contributed by atoms with van der Waals surface area (Å²) >= 11 is 0. The highest BCUT2D eigenvalue weighted by Gasteiger charge is 2.32. The molecule has 1 saturated heterocycles. The van der Waals surface area contributed by atoms with Gasteiger partial charge in [-0.1, -0.05) is 24.3 Å². The van der Waals surface area contributed by atoms with Gasteiger partial charge in [0.1, 0.15) is 0 Å². The summed E-state index contributed by atoms with van der Waals surface area (Å²) < 4.78 is 32.9. The Morgan fingerprint density at radius 1 is 1.04 bits per heavy atom. The maximum atomic E-state index is 13.0. The molecule has 1 aliphatic rings. The number of benzene rings is 2. The Labute approximate surface area is 153 Å². The molecule has 0 spiro atoms. The summed E-state index contributed by atoms with van der Waals surface area (Å²) in [6, 6.07) is 15.1. The number of nitrogens with one attached hydrogen (secondary N) is 1. The minimum absolute atomic E-state index is 0.111. The summed E-state index contributed by atoms with van der Waals surface area (Å²) in [4.78, 5) is 12.5. The monoisotopic (exact) mass is 374 g/mol. The number of anilines is 1. The molecule has 0 bridgehead atoms. The van der Waals surface area contributed by atoms with E-state index in [1.807, 2.05) is 32.0 Å². The molecule has 0 radical (unpaired) electrons. The quantitative estimate of drug-likeness (QED) is 0.893. The van der Waals surface area contributed by atoms with Crippen molar-refractivity contribution in [1.82, 2.24) is 4.31 Å². The van der Waals surface area contributed by atoms with Crippen LogP contribution in [0.2, 0.25) is 0 Å². The molecule has 0 aliphatic carbocycles. The number of nitrogens with zero attached hydrogens (tertiary/aromatic N) is 1. The number of carbonyl (C=O) groups is 1. The summed E-state index contributed by atoms with van der Waals surface area (Å²) in [5, 5.41) is 2.76. The first kappa shape index (κ1) is 18.6. The highest BCUT2D eigenvalue weighted by molar-refractivity contribution is 7.89. The van der Waals surface area contributed by atoms with Crippen LogP contribution in [-0.4, -0.2) is 43.9 Å². The van der Waals surface area contributed by atoms with Gasteiger partial charge in [-0.2, -0.15) is 4.31 Å². The van der Waals surface area contributed by atoms with Gasteiger partial charge in [-0.25, -0.2) is 8.42 Å². The number of ether oxygens (including phenoxy) is 1. The number of carbonyl (C=O) groups excluding carboxylic acids is 1. The molecular weight excluding hydrogens is 352 g/mol. The summed E-state index contributed by atoms with van der Waals surface area (Å²) in [5.74, 6) is -0.350. The lowest BCUT2D eigenvalue weighted by Gasteiger charge is -2.34. The number of hydrogen-bond donors (Lipinski definition) is 1. The van der Waals surface area contributed by atoms with Crippen LogP contribution in [0, 0.1) is 0 Å². The third kappa shape index (κ3) is 4.12. The highest BCUT2D eigenvalue weighted by atomic mass is 32.2. The van der Waals surface area contributed by atoms with Crippen LogP contribution >= 0.6 is 0 Å². The standard InChI is InChI=1S/C19H22N2O4S/c1-14-12-21(13-15(2)25-14)26(23,24)18-10-6-7-16(11-18)19(22)20-17-8-4-3-5-9-17/h3-11,14-15H,12-13H2,1-2H3,(H,20,22)/t14-,15-/m1/s1. The molecule has 0 saturated carbocycles. The van der Waals surface area contributed by atoms with E-state index in [1.54, 1.807) is 24.3 Å². The Kier molecular flexibility index (Phi) is 5.41. The van der Waals surface area contributed by atoms with Gasteiger partial charge < -0.3 is 10.1 Å². The van der Waals surface area contributed by atoms with Gasteiger partial charge in [0.05, 0.1) is 17.1 Å². The normalized spacial score (nSPS) is 21.3. The minimum Gasteiger partial charge on any atom is -0.373 e. The highest BCUT2D eigenvalue weighted by Crippen LogP contribution is 2.22. The Hall–Kier alpha value is -2.22. The van der Waals surface area contributed by atoms with Crippen LogP contribution in [0.25, 0.3) is 0 Å². The number of sulfonamides is 1. The largest absolute Gasteiger partial charge is 0.373 e. The van der Waals surface area contributed by atoms with Crippen molar-refractivity contribution >= 4 is 21.6 Å². The minimum atomic E-state index is -3.68. The number of amides is 1. The Bertz CT molecular complexity index is 873. The molecule has 1 heterocycles. The van der Waals surface area contributed by atoms with Gasteiger partial charge in [-0.15, -0.1) is 0 Å². The topological polar surface area (TPSA) is 75.7 Å². The van der Waals surface area contributed by atoms with Crippen LogP contribution < -0.4 is 5.32 Å². The molecular formula is C19H22N2O4S. The second-order valence-corrected chi connectivity index (χ2v) is 8.37. The number of hydrogen-bond acceptors (Lipinski definition) is 4. The summed E-state index contributed by atoms with van der Waals surface area (Å²) in [6.45, 7) is 4.30. The molecule has 2 aromatic carbocycles. The average Bonchev–Trinajstić information content (AvgIpc) is 2.62. The number of morpholine rings is 1. The zero-order chi connectivity index (χ0) is 18.7. The first-order chi connectivity index (χ1) is 12.4. The zero-order valence-electron chi connectivity index (χ0n) is 14.8. The molecule has 6 nitrogen and oxygen atoms in total. The Morgan fingerprint density at radius 3 is 2.35 bits per heavy atom. The fourth-order valence-corrected chi connectivity index (χ4v) is 4.64. The van der Waals surface area contributed by atoms with E-state index in [2.05, 4.69) is 5.32 Å². The fourth-order valence-electron chi connectivity index (χ4n) is 3.00. The van der Waals surface area contributed by atoms with Gasteiger partial charge >= 0.3 is 0 Å². The first-order valence-electron chi connectivity index (χ1n) is 8.48. The van der Waals surface area contributed by atoms with Crippen molar-refractivity contribution in [1.29, 1.82) is 0 Å². The van der Waals surface area contributed by atoms with Gasteiger partial charge in [-0.3, -0.25) is 4.79 Å². The lowest BCUT2D eigenvalue weighted by molar-refractivity contribution is -0.0440. The smallest absolute Gasteiger partial charge is 0.255 e. The molecule has 2 atom stereocenters. The van der Waals surface area contributed by atoms with E-state index in [0.29, 0.717) is 24.3 Å². The van der Waals surface area contributed by atoms with Crippen molar-refractivity contribution in [2.75, 3.05) is 18.4 Å². The van der Waals surface area contributed by atoms with E-state index >= 15 is 0 Å². The van der Waals surface area contributed by atoms with E-state index in [9.17, 15) is 13.2 Å². The van der Waals surface area contributed by atoms with Crippen LogP contribution in [0.5, 0.6) is 0 Å². The van der Waals surface area contributed by atoms with Gasteiger partial charge in [0.15, 0.2) is 0 Å². The summed E-state index contributed by atoms with van der Waals surface area (Å²) in [7, 11) is -3.68. The van der Waals surface area contributed by atoms with Crippen molar-refractivity contribution in [3.05, 3.63) is 60.2 Å². The van der Waals surface area contributed by atoms with Crippen LogP contribution in [0.15, 0.2) is 59.5 Å². The fraction of sp³-hybridized carbons (Fsp3) is 0.316. The molecule has 3 rings (SSSR count). The van der Waals surface area contributed by atoms with Gasteiger partial charge in [0.2, 0.25) is 10.0 Å². The van der Waals surface area contributed by atoms with Gasteiger partial charge in [0.25, 0.3) is 5.91 Å². The van der Waals surface area contributed by atoms with E-state index < -0.39 is 10.0 Å². The van der Waals surface area contributed by atoms with Crippen molar-refractivity contribution < 1.29 is 17.9 Å². The number of rotatable bonds is 4. The molecule has 1 N–H and O–H groups in total. The third-order valence-electron chi connectivity index (χ3n) is 4.15. The SMILES string of the molecule is C[C@@H]1CN(S(=O)(=O)c2cccc(C(=O)Nc3ccccc3)c2)C[C@@H](C)O1. The maximum absolute atomic E-state index is 13.0. The average molecular weight is 374 g/mol. The lowest BCUT2D eigenvalue weighted by Crippen LogP contribution is -2.48. The molecule has 0 unspecified atom stereocenters. The van der Waals surface area contributed by atoms with Crippen LogP contribution in [-0.2, 0) is 14.8 Å². The second-order valence-electron chi connectivity index (χ2n) is 6.43. The molecule has 0 aromatic heterocycles. The van der Waals surface area contributed by atoms with Crippen LogP contribution in [0.4, 0.5) is 5.69 Å². The summed E-state index contributed by atoms with van der Waals surface area (Å²) in [6.07, 6.45) is -0.337. The molecule has 1 amide bonds. The third-order valence-corrected chi connectivity index (χ3v) is 5.98. The first-order valence-corrected chi connectivity index (χ1v) is 9.92. The molecule has 1 aliphatic heterocycles. The second kappa shape index (κ2) is 7.57. The molecule has 26 heavy (non-hydrogen) atoms. The molecule has 138 valence electrons. The number of para-hydroxylation sites is 1. The van der Waals surface area contributed by atoms with E-state index in [1.165, 1.54) is 16.4 Å². The van der Waals surface area contributed by atoms with Gasteiger partial charge in [0, 0.05) is 24.3 Å². The van der Waals surface area contributed by atoms with E-state index in [4.69, 9.17) is 4.74 Å². The van der Waals surface area contributed by atoms with Crippen LogP contribution in [0.1, 0.15) is 24.2 Å². The van der Waals surface area contributed by atoms with E-state index in [-0.39, 0.29) is 23.0 Å². The Morgan fingerprint density at radius 2 is 1.69 bits per heavy atom. The van der Waals surface area contributed by atoms with E-state index in [0.717, 1.165) is 0 Å². The van der Waals surface area contributed by atoms with Gasteiger partial charge in [-0.05, 0) is 44.2 Å². The lowest BCUT2D eigenvalue weighted by atomic mass is 10.2. The predicted molar refractivity (Wildman–Crippen MR) is 99.6 cm³/mol. The predicted octanol–water partition coefficient (Wildman–Crippen LogP) is 2.74. The van der Waals surface area contributed by atoms with Crippen molar-refractivity contribution in [3.8, 4) is 0 Å². The maximum Gasteiger partial charge on any atom is 0.255 e. The van der Waals surface area contributed by atoms with Crippen LogP contribution in [0.3, 0.4) is 0 Å². The Balaban J connectivity index is 1.83. The van der Waals surface area contributed by atoms with Crippen molar-refractivity contribution in [2.24, 2.45) is 0 Å². The molecule has 1 fully saturated rings. The molecule has 7 heteroatoms. The van der Waals surface area contributed by atoms with Crippen molar-refractivity contribution in [2.45, 2.75) is 31.0 Å². The van der Waals surface area contributed by atoms with Crippen molar-refractivity contribution in [3.63, 3.8) is 0 Å². The summed E-state index contributed by atoms with van der Waals surface area (Å²) in [5.41, 5.74) is 0.950. The zero-order valence-corrected chi connectivity index (χ0v) is 15.6.